The number of carbonyl (C=O) groups is 1. The Balaban J connectivity index is 1.58. The van der Waals surface area contributed by atoms with Crippen LogP contribution in [0, 0.1) is 5.92 Å². The molecule has 1 heterocycles. The number of fused-ring (bicyclic) bond motifs is 1. The summed E-state index contributed by atoms with van der Waals surface area (Å²) in [6, 6.07) is 38.0. The third kappa shape index (κ3) is 4.48. The zero-order valence-corrected chi connectivity index (χ0v) is 23.7. The van der Waals surface area contributed by atoms with Crippen molar-refractivity contribution in [2.75, 3.05) is 19.4 Å². The van der Waals surface area contributed by atoms with Gasteiger partial charge in [-0.2, -0.15) is 5.10 Å². The van der Waals surface area contributed by atoms with E-state index in [1.54, 1.807) is 0 Å². The molecule has 1 amide bonds. The first kappa shape index (κ1) is 25.5. The zero-order chi connectivity index (χ0) is 27.0. The van der Waals surface area contributed by atoms with Gasteiger partial charge in [-0.15, -0.1) is 0 Å². The van der Waals surface area contributed by atoms with Gasteiger partial charge >= 0.3 is 0 Å². The summed E-state index contributed by atoms with van der Waals surface area (Å²) in [4.78, 5) is 15.6. The molecular formula is C33H31BrN4O. The molecule has 5 aromatic rings. The second-order valence-electron chi connectivity index (χ2n) is 10.5. The summed E-state index contributed by atoms with van der Waals surface area (Å²) >= 11 is 3.65. The number of rotatable bonds is 7. The highest BCUT2D eigenvalue weighted by atomic mass is 79.9. The fourth-order valence-corrected chi connectivity index (χ4v) is 6.15. The number of halogens is 1. The number of nitrogens with one attached hydrogen (secondary N) is 1. The van der Waals surface area contributed by atoms with Crippen LogP contribution in [0.5, 0.6) is 0 Å². The summed E-state index contributed by atoms with van der Waals surface area (Å²) in [5.41, 5.74) is 3.41. The van der Waals surface area contributed by atoms with E-state index in [1.807, 2.05) is 30.3 Å². The van der Waals surface area contributed by atoms with E-state index in [9.17, 15) is 4.79 Å². The van der Waals surface area contributed by atoms with Gasteiger partial charge in [0.1, 0.15) is 5.54 Å². The summed E-state index contributed by atoms with van der Waals surface area (Å²) in [7, 11) is 4.14. The highest BCUT2D eigenvalue weighted by Crippen LogP contribution is 2.44. The predicted octanol–water partition coefficient (Wildman–Crippen LogP) is 6.92. The molecule has 0 unspecified atom stereocenters. The van der Waals surface area contributed by atoms with E-state index in [-0.39, 0.29) is 11.8 Å². The minimum absolute atomic E-state index is 0.00752. The van der Waals surface area contributed by atoms with E-state index in [0.717, 1.165) is 44.9 Å². The number of hydrogen-bond donors (Lipinski definition) is 1. The lowest BCUT2D eigenvalue weighted by molar-refractivity contribution is -0.124. The maximum absolute atomic E-state index is 13.4. The number of carbonyl (C=O) groups excluding carboxylic acids is 1. The molecular weight excluding hydrogens is 548 g/mol. The van der Waals surface area contributed by atoms with Crippen LogP contribution in [-0.2, 0) is 10.3 Å². The van der Waals surface area contributed by atoms with Crippen LogP contribution < -0.4 is 5.32 Å². The summed E-state index contributed by atoms with van der Waals surface area (Å²) in [6.07, 6.45) is 1.73. The van der Waals surface area contributed by atoms with Gasteiger partial charge in [0.15, 0.2) is 5.82 Å². The first-order chi connectivity index (χ1) is 19.0. The first-order valence-electron chi connectivity index (χ1n) is 13.3. The van der Waals surface area contributed by atoms with E-state index >= 15 is 0 Å². The van der Waals surface area contributed by atoms with Crippen molar-refractivity contribution in [1.29, 1.82) is 0 Å². The van der Waals surface area contributed by atoms with Crippen LogP contribution in [0.1, 0.15) is 29.5 Å². The number of benzene rings is 4. The lowest BCUT2D eigenvalue weighted by Gasteiger charge is -2.38. The third-order valence-electron chi connectivity index (χ3n) is 7.99. The molecule has 1 fully saturated rings. The van der Waals surface area contributed by atoms with E-state index in [4.69, 9.17) is 5.10 Å². The molecule has 1 aliphatic rings. The van der Waals surface area contributed by atoms with Gasteiger partial charge in [0.2, 0.25) is 5.91 Å². The van der Waals surface area contributed by atoms with Crippen LogP contribution in [0.2, 0.25) is 0 Å². The average Bonchev–Trinajstić information content (AvgIpc) is 3.27. The summed E-state index contributed by atoms with van der Waals surface area (Å²) in [5, 5.41) is 9.33. The third-order valence-corrected chi connectivity index (χ3v) is 8.48. The maximum atomic E-state index is 13.4. The Bertz CT molecular complexity index is 1500. The van der Waals surface area contributed by atoms with Gasteiger partial charge < -0.3 is 10.2 Å². The Morgan fingerprint density at radius 2 is 1.36 bits per heavy atom. The fraction of sp³-hybridized carbons (Fsp3) is 0.212. The van der Waals surface area contributed by atoms with Gasteiger partial charge in [-0.25, -0.2) is 4.68 Å². The van der Waals surface area contributed by atoms with Crippen LogP contribution in [0.3, 0.4) is 0 Å². The molecule has 1 aromatic heterocycles. The van der Waals surface area contributed by atoms with Crippen LogP contribution in [0.15, 0.2) is 114 Å². The second-order valence-corrected chi connectivity index (χ2v) is 11.4. The standard InChI is InChI=1S/C33H31BrN4O/c1-37(2)28-20-23(21-28)32(39)35-31-29-22-27(34)18-19-30(29)38(36-31)33(24-12-6-3-7-13-24,25-14-8-4-9-15-25)26-16-10-5-11-17-26/h3-19,22-23,28H,20-21H2,1-2H3,(H,35,36,39). The molecule has 0 spiro atoms. The minimum atomic E-state index is -0.772. The van der Waals surface area contributed by atoms with Gasteiger partial charge in [0.05, 0.1) is 5.52 Å². The molecule has 1 aliphatic carbocycles. The molecule has 0 bridgehead atoms. The van der Waals surface area contributed by atoms with Crippen molar-refractivity contribution in [3.63, 3.8) is 0 Å². The van der Waals surface area contributed by atoms with Crippen LogP contribution in [0.25, 0.3) is 10.9 Å². The molecule has 5 nitrogen and oxygen atoms in total. The molecule has 1 saturated carbocycles. The van der Waals surface area contributed by atoms with Crippen LogP contribution >= 0.6 is 15.9 Å². The molecule has 39 heavy (non-hydrogen) atoms. The molecule has 0 radical (unpaired) electrons. The van der Waals surface area contributed by atoms with Gasteiger partial charge in [0.25, 0.3) is 0 Å². The Labute approximate surface area is 237 Å². The fourth-order valence-electron chi connectivity index (χ4n) is 5.79. The quantitative estimate of drug-likeness (QED) is 0.213. The number of nitrogens with zero attached hydrogens (tertiary/aromatic N) is 3. The first-order valence-corrected chi connectivity index (χ1v) is 14.1. The Kier molecular flexibility index (Phi) is 6.83. The van der Waals surface area contributed by atoms with Crippen molar-refractivity contribution < 1.29 is 4.79 Å². The molecule has 6 rings (SSSR count). The lowest BCUT2D eigenvalue weighted by atomic mass is 9.77. The summed E-state index contributed by atoms with van der Waals surface area (Å²) in [6.45, 7) is 0. The van der Waals surface area contributed by atoms with Crippen molar-refractivity contribution in [2.24, 2.45) is 5.92 Å². The Hall–Kier alpha value is -3.74. The minimum Gasteiger partial charge on any atom is -0.308 e. The topological polar surface area (TPSA) is 50.2 Å². The van der Waals surface area contributed by atoms with Crippen LogP contribution in [-0.4, -0.2) is 40.7 Å². The SMILES string of the molecule is CN(C)C1CC(C(=O)Nc2nn(C(c3ccccc3)(c3ccccc3)c3ccccc3)c3ccc(Br)cc23)C1. The second kappa shape index (κ2) is 10.4. The van der Waals surface area contributed by atoms with Crippen LogP contribution in [0.4, 0.5) is 5.82 Å². The number of hydrogen-bond acceptors (Lipinski definition) is 3. The average molecular weight is 580 g/mol. The molecule has 0 atom stereocenters. The molecule has 6 heteroatoms. The van der Waals surface area contributed by atoms with Gasteiger partial charge in [0, 0.05) is 21.8 Å². The Morgan fingerprint density at radius 1 is 0.846 bits per heavy atom. The lowest BCUT2D eigenvalue weighted by Crippen LogP contribution is -2.45. The van der Waals surface area contributed by atoms with Gasteiger partial charge in [-0.05, 0) is 61.8 Å². The van der Waals surface area contributed by atoms with E-state index in [0.29, 0.717) is 11.9 Å². The maximum Gasteiger partial charge on any atom is 0.228 e. The smallest absolute Gasteiger partial charge is 0.228 e. The Morgan fingerprint density at radius 3 is 1.85 bits per heavy atom. The molecule has 196 valence electrons. The van der Waals surface area contributed by atoms with E-state index < -0.39 is 5.54 Å². The monoisotopic (exact) mass is 578 g/mol. The largest absolute Gasteiger partial charge is 0.308 e. The highest BCUT2D eigenvalue weighted by molar-refractivity contribution is 9.10. The molecule has 0 aliphatic heterocycles. The van der Waals surface area contributed by atoms with Crippen molar-refractivity contribution in [3.05, 3.63) is 130 Å². The zero-order valence-electron chi connectivity index (χ0n) is 22.1. The summed E-state index contributed by atoms with van der Waals surface area (Å²) < 4.78 is 3.03. The number of aromatic nitrogens is 2. The predicted molar refractivity (Wildman–Crippen MR) is 161 cm³/mol. The molecule has 4 aromatic carbocycles. The van der Waals surface area contributed by atoms with Gasteiger partial charge in [-0.1, -0.05) is 107 Å². The number of amides is 1. The highest BCUT2D eigenvalue weighted by Gasteiger charge is 2.41. The van der Waals surface area contributed by atoms with Crippen molar-refractivity contribution in [3.8, 4) is 0 Å². The number of anilines is 1. The van der Waals surface area contributed by atoms with E-state index in [2.05, 4.69) is 124 Å². The molecule has 1 N–H and O–H groups in total. The van der Waals surface area contributed by atoms with Crippen molar-refractivity contribution in [2.45, 2.75) is 24.4 Å². The normalized spacial score (nSPS) is 17.2. The summed E-state index contributed by atoms with van der Waals surface area (Å²) in [5.74, 6) is 0.605. The van der Waals surface area contributed by atoms with E-state index in [1.165, 1.54) is 0 Å². The van der Waals surface area contributed by atoms with Crippen molar-refractivity contribution in [1.82, 2.24) is 14.7 Å². The van der Waals surface area contributed by atoms with Crippen molar-refractivity contribution >= 4 is 38.6 Å². The molecule has 0 saturated heterocycles. The van der Waals surface area contributed by atoms with Gasteiger partial charge in [-0.3, -0.25) is 4.79 Å².